The first-order valence-corrected chi connectivity index (χ1v) is 6.68. The van der Waals surface area contributed by atoms with Gasteiger partial charge in [0.25, 0.3) is 0 Å². The molecule has 0 aromatic heterocycles. The van der Waals surface area contributed by atoms with Crippen LogP contribution in [0.25, 0.3) is 0 Å². The van der Waals surface area contributed by atoms with E-state index in [2.05, 4.69) is 18.2 Å². The summed E-state index contributed by atoms with van der Waals surface area (Å²) < 4.78 is 4.87. The molecule has 17 heavy (non-hydrogen) atoms. The Kier molecular flexibility index (Phi) is 12.2. The van der Waals surface area contributed by atoms with Crippen LogP contribution in [0.3, 0.4) is 0 Å². The summed E-state index contributed by atoms with van der Waals surface area (Å²) in [6, 6.07) is 0. The van der Waals surface area contributed by atoms with Gasteiger partial charge < -0.3 is 4.74 Å². The summed E-state index contributed by atoms with van der Waals surface area (Å²) >= 11 is 0. The lowest BCUT2D eigenvalue weighted by molar-refractivity contribution is -0.141. The second kappa shape index (κ2) is 13.0. The van der Waals surface area contributed by atoms with E-state index >= 15 is 0 Å². The van der Waals surface area contributed by atoms with Gasteiger partial charge in [-0.25, -0.2) is 0 Å². The number of esters is 1. The third kappa shape index (κ3) is 14.9. The van der Waals surface area contributed by atoms with Crippen LogP contribution in [0.2, 0.25) is 0 Å². The van der Waals surface area contributed by atoms with Crippen molar-refractivity contribution in [1.82, 2.24) is 0 Å². The van der Waals surface area contributed by atoms with Gasteiger partial charge in [0.1, 0.15) is 0 Å². The first-order valence-electron chi connectivity index (χ1n) is 6.68. The lowest BCUT2D eigenvalue weighted by Crippen LogP contribution is -1.99. The molecule has 0 saturated carbocycles. The molecule has 0 radical (unpaired) electrons. The summed E-state index contributed by atoms with van der Waals surface area (Å²) in [7, 11) is 0. The van der Waals surface area contributed by atoms with Crippen LogP contribution in [0.4, 0.5) is 0 Å². The van der Waals surface area contributed by atoms with Crippen molar-refractivity contribution in [2.24, 2.45) is 0 Å². The Labute approximate surface area is 106 Å². The monoisotopic (exact) mass is 238 g/mol. The van der Waals surface area contributed by atoms with Gasteiger partial charge in [-0.15, -0.1) is 0 Å². The fourth-order valence-corrected chi connectivity index (χ4v) is 1.57. The first kappa shape index (κ1) is 16.0. The molecule has 0 spiro atoms. The Morgan fingerprint density at radius 2 is 1.65 bits per heavy atom. The zero-order valence-corrected chi connectivity index (χ0v) is 11.3. The van der Waals surface area contributed by atoms with Crippen molar-refractivity contribution in [3.8, 4) is 0 Å². The van der Waals surface area contributed by atoms with E-state index in [1.807, 2.05) is 13.0 Å². The topological polar surface area (TPSA) is 26.3 Å². The summed E-state index contributed by atoms with van der Waals surface area (Å²) in [5, 5.41) is 0. The molecule has 0 fully saturated rings. The van der Waals surface area contributed by atoms with Crippen molar-refractivity contribution in [2.45, 2.75) is 58.8 Å². The number of carbonyl (C=O) groups excluding carboxylic acids is 1. The number of ether oxygens (including phenoxy) is 1. The third-order valence-corrected chi connectivity index (χ3v) is 2.51. The third-order valence-electron chi connectivity index (χ3n) is 2.51. The van der Waals surface area contributed by atoms with E-state index in [0.717, 1.165) is 6.42 Å². The summed E-state index contributed by atoms with van der Waals surface area (Å²) in [6.45, 7) is 4.07. The Balaban J connectivity index is 3.06. The Morgan fingerprint density at radius 1 is 1.00 bits per heavy atom. The van der Waals surface area contributed by atoms with Gasteiger partial charge in [0.05, 0.1) is 6.61 Å². The summed E-state index contributed by atoms with van der Waals surface area (Å²) in [5.74, 6) is -0.169. The zero-order valence-electron chi connectivity index (χ0n) is 11.3. The molecule has 0 amide bonds. The van der Waals surface area contributed by atoms with Gasteiger partial charge in [-0.3, -0.25) is 4.79 Å². The molecule has 0 aliphatic carbocycles. The standard InChI is InChI=1S/C15H26O2/c1-3-4-5-6-7-8-9-10-11-12-13-14-17-15(2)16/h3-6H,7-14H2,1-2H3/b4-3-,6-5-. The van der Waals surface area contributed by atoms with Crippen molar-refractivity contribution in [2.75, 3.05) is 6.61 Å². The van der Waals surface area contributed by atoms with E-state index in [4.69, 9.17) is 4.74 Å². The highest BCUT2D eigenvalue weighted by Crippen LogP contribution is 2.07. The minimum absolute atomic E-state index is 0.169. The number of rotatable bonds is 10. The van der Waals surface area contributed by atoms with Gasteiger partial charge in [0.2, 0.25) is 0 Å². The number of carbonyl (C=O) groups is 1. The molecule has 0 unspecified atom stereocenters. The van der Waals surface area contributed by atoms with Gasteiger partial charge in [0, 0.05) is 6.92 Å². The molecule has 0 rings (SSSR count). The SMILES string of the molecule is C/C=C\C=C/CCCCCCCCOC(C)=O. The van der Waals surface area contributed by atoms with Crippen molar-refractivity contribution in [1.29, 1.82) is 0 Å². The quantitative estimate of drug-likeness (QED) is 0.320. The van der Waals surface area contributed by atoms with E-state index in [0.29, 0.717) is 6.61 Å². The zero-order chi connectivity index (χ0) is 12.8. The average molecular weight is 238 g/mol. The summed E-state index contributed by atoms with van der Waals surface area (Å²) in [5.41, 5.74) is 0. The van der Waals surface area contributed by atoms with Crippen LogP contribution < -0.4 is 0 Å². The molecule has 0 aromatic carbocycles. The molecule has 0 aromatic rings. The number of hydrogen-bond acceptors (Lipinski definition) is 2. The fraction of sp³-hybridized carbons (Fsp3) is 0.667. The average Bonchev–Trinajstić information content (AvgIpc) is 2.30. The van der Waals surface area contributed by atoms with Crippen molar-refractivity contribution >= 4 is 5.97 Å². The van der Waals surface area contributed by atoms with E-state index in [-0.39, 0.29) is 5.97 Å². The van der Waals surface area contributed by atoms with Gasteiger partial charge in [-0.05, 0) is 26.2 Å². The molecule has 0 aliphatic rings. The molecule has 98 valence electrons. The highest BCUT2D eigenvalue weighted by atomic mass is 16.5. The fourth-order valence-electron chi connectivity index (χ4n) is 1.57. The van der Waals surface area contributed by atoms with Crippen molar-refractivity contribution in [3.63, 3.8) is 0 Å². The van der Waals surface area contributed by atoms with Crippen LogP contribution in [0.5, 0.6) is 0 Å². The maximum atomic E-state index is 10.5. The minimum Gasteiger partial charge on any atom is -0.466 e. The highest BCUT2D eigenvalue weighted by molar-refractivity contribution is 5.65. The van der Waals surface area contributed by atoms with Crippen molar-refractivity contribution < 1.29 is 9.53 Å². The van der Waals surface area contributed by atoms with Crippen LogP contribution in [0.1, 0.15) is 58.8 Å². The molecular weight excluding hydrogens is 212 g/mol. The van der Waals surface area contributed by atoms with Crippen LogP contribution in [0, 0.1) is 0 Å². The minimum atomic E-state index is -0.169. The second-order valence-corrected chi connectivity index (χ2v) is 4.20. The lowest BCUT2D eigenvalue weighted by Gasteiger charge is -2.01. The summed E-state index contributed by atoms with van der Waals surface area (Å²) in [6.07, 6.45) is 16.9. The molecular formula is C15H26O2. The van der Waals surface area contributed by atoms with Crippen LogP contribution in [-0.4, -0.2) is 12.6 Å². The van der Waals surface area contributed by atoms with Crippen LogP contribution in [0.15, 0.2) is 24.3 Å². The number of allylic oxidation sites excluding steroid dienone is 4. The molecule has 0 saturated heterocycles. The normalized spacial score (nSPS) is 11.4. The molecule has 0 N–H and O–H groups in total. The molecule has 2 heteroatoms. The Bertz CT molecular complexity index is 229. The van der Waals surface area contributed by atoms with Gasteiger partial charge in [0.15, 0.2) is 0 Å². The van der Waals surface area contributed by atoms with E-state index < -0.39 is 0 Å². The van der Waals surface area contributed by atoms with Gasteiger partial charge in [-0.1, -0.05) is 50.0 Å². The molecule has 0 atom stereocenters. The molecule has 2 nitrogen and oxygen atoms in total. The lowest BCUT2D eigenvalue weighted by atomic mass is 10.1. The van der Waals surface area contributed by atoms with Crippen molar-refractivity contribution in [3.05, 3.63) is 24.3 Å². The van der Waals surface area contributed by atoms with E-state index in [1.165, 1.54) is 45.4 Å². The number of unbranched alkanes of at least 4 members (excludes halogenated alkanes) is 6. The van der Waals surface area contributed by atoms with Gasteiger partial charge in [-0.2, -0.15) is 0 Å². The predicted octanol–water partition coefficient (Wildman–Crippen LogP) is 4.41. The van der Waals surface area contributed by atoms with E-state index in [1.54, 1.807) is 0 Å². The number of hydrogen-bond donors (Lipinski definition) is 0. The van der Waals surface area contributed by atoms with E-state index in [9.17, 15) is 4.79 Å². The Hall–Kier alpha value is -1.05. The van der Waals surface area contributed by atoms with Gasteiger partial charge >= 0.3 is 5.97 Å². The second-order valence-electron chi connectivity index (χ2n) is 4.20. The Morgan fingerprint density at radius 3 is 2.29 bits per heavy atom. The predicted molar refractivity (Wildman–Crippen MR) is 72.9 cm³/mol. The summed E-state index contributed by atoms with van der Waals surface area (Å²) in [4.78, 5) is 10.5. The highest BCUT2D eigenvalue weighted by Gasteiger charge is 1.93. The first-order chi connectivity index (χ1) is 8.27. The molecule has 0 bridgehead atoms. The van der Waals surface area contributed by atoms with Crippen LogP contribution >= 0.6 is 0 Å². The smallest absolute Gasteiger partial charge is 0.302 e. The molecule has 0 heterocycles. The molecule has 0 aliphatic heterocycles. The maximum Gasteiger partial charge on any atom is 0.302 e. The maximum absolute atomic E-state index is 10.5. The van der Waals surface area contributed by atoms with Crippen LogP contribution in [-0.2, 0) is 9.53 Å². The largest absolute Gasteiger partial charge is 0.466 e.